The van der Waals surface area contributed by atoms with Gasteiger partial charge in [0.25, 0.3) is 0 Å². The van der Waals surface area contributed by atoms with Crippen LogP contribution in [0.4, 0.5) is 0 Å². The minimum Gasteiger partial charge on any atom is -0.481 e. The molecule has 2 rings (SSSR count). The van der Waals surface area contributed by atoms with Gasteiger partial charge in [-0.1, -0.05) is 25.0 Å². The minimum absolute atomic E-state index is 0.107. The van der Waals surface area contributed by atoms with Gasteiger partial charge in [-0.25, -0.2) is 0 Å². The third kappa shape index (κ3) is 2.42. The van der Waals surface area contributed by atoms with Crippen molar-refractivity contribution >= 4 is 5.97 Å². The molecule has 15 heavy (non-hydrogen) atoms. The van der Waals surface area contributed by atoms with E-state index in [0.717, 1.165) is 32.1 Å². The monoisotopic (exact) mass is 208 g/mol. The van der Waals surface area contributed by atoms with E-state index in [1.807, 2.05) is 0 Å². The zero-order chi connectivity index (χ0) is 10.7. The summed E-state index contributed by atoms with van der Waals surface area (Å²) in [5, 5.41) is 9.35. The van der Waals surface area contributed by atoms with Gasteiger partial charge in [0, 0.05) is 0 Å². The molecule has 2 unspecified atom stereocenters. The van der Waals surface area contributed by atoms with Crippen molar-refractivity contribution in [1.29, 1.82) is 0 Å². The van der Waals surface area contributed by atoms with E-state index < -0.39 is 5.97 Å². The van der Waals surface area contributed by atoms with E-state index in [9.17, 15) is 9.90 Å². The standard InChI is InChI=1S/C13H20O2/c14-13(15)12(11-8-4-5-9-11)10-6-2-1-3-7-10/h2,6,10-12H,1,3-5,7-9H2,(H,14,15). The van der Waals surface area contributed by atoms with Crippen LogP contribution in [-0.4, -0.2) is 11.1 Å². The van der Waals surface area contributed by atoms with Gasteiger partial charge in [-0.15, -0.1) is 0 Å². The Labute approximate surface area is 91.4 Å². The summed E-state index contributed by atoms with van der Waals surface area (Å²) >= 11 is 0. The van der Waals surface area contributed by atoms with Crippen molar-refractivity contribution in [3.8, 4) is 0 Å². The molecule has 84 valence electrons. The molecule has 0 heterocycles. The summed E-state index contributed by atoms with van der Waals surface area (Å²) in [4.78, 5) is 11.4. The number of allylic oxidation sites excluding steroid dienone is 2. The maximum Gasteiger partial charge on any atom is 0.307 e. The van der Waals surface area contributed by atoms with Crippen LogP contribution in [0, 0.1) is 17.8 Å². The lowest BCUT2D eigenvalue weighted by atomic mass is 9.76. The second-order valence-corrected chi connectivity index (χ2v) is 4.93. The van der Waals surface area contributed by atoms with Gasteiger partial charge < -0.3 is 5.11 Å². The summed E-state index contributed by atoms with van der Waals surface area (Å²) in [5.74, 6) is 0.0668. The molecule has 2 aliphatic rings. The molecule has 2 nitrogen and oxygen atoms in total. The molecule has 0 radical (unpaired) electrons. The van der Waals surface area contributed by atoms with Crippen LogP contribution in [0.2, 0.25) is 0 Å². The van der Waals surface area contributed by atoms with Gasteiger partial charge in [0.05, 0.1) is 5.92 Å². The molecule has 0 aromatic rings. The van der Waals surface area contributed by atoms with Crippen LogP contribution in [0.1, 0.15) is 44.9 Å². The lowest BCUT2D eigenvalue weighted by Gasteiger charge is -2.28. The summed E-state index contributed by atoms with van der Waals surface area (Å²) < 4.78 is 0. The van der Waals surface area contributed by atoms with E-state index >= 15 is 0 Å². The number of carboxylic acid groups (broad SMARTS) is 1. The molecule has 0 aromatic carbocycles. The van der Waals surface area contributed by atoms with E-state index in [2.05, 4.69) is 12.2 Å². The van der Waals surface area contributed by atoms with Crippen molar-refractivity contribution < 1.29 is 9.90 Å². The van der Waals surface area contributed by atoms with Crippen LogP contribution in [0.15, 0.2) is 12.2 Å². The molecule has 2 aliphatic carbocycles. The Hall–Kier alpha value is -0.790. The van der Waals surface area contributed by atoms with Crippen LogP contribution >= 0.6 is 0 Å². The van der Waals surface area contributed by atoms with E-state index in [0.29, 0.717) is 11.8 Å². The molecule has 0 spiro atoms. The fourth-order valence-electron chi connectivity index (χ4n) is 3.19. The Morgan fingerprint density at radius 1 is 1.20 bits per heavy atom. The number of carbonyl (C=O) groups is 1. The summed E-state index contributed by atoms with van der Waals surface area (Å²) in [6.45, 7) is 0. The average molecular weight is 208 g/mol. The molecule has 0 aliphatic heterocycles. The molecule has 0 bridgehead atoms. The molecule has 1 N–H and O–H groups in total. The Kier molecular flexibility index (Phi) is 3.45. The zero-order valence-electron chi connectivity index (χ0n) is 9.19. The SMILES string of the molecule is O=C(O)C(C1C=CCCC1)C1CCCC1. The van der Waals surface area contributed by atoms with Gasteiger partial charge in [-0.2, -0.15) is 0 Å². The maximum absolute atomic E-state index is 11.4. The van der Waals surface area contributed by atoms with Crippen LogP contribution in [-0.2, 0) is 4.79 Å². The summed E-state index contributed by atoms with van der Waals surface area (Å²) in [7, 11) is 0. The van der Waals surface area contributed by atoms with Gasteiger partial charge in [-0.3, -0.25) is 4.79 Å². The first kappa shape index (κ1) is 10.7. The van der Waals surface area contributed by atoms with E-state index in [1.54, 1.807) is 0 Å². The summed E-state index contributed by atoms with van der Waals surface area (Å²) in [6.07, 6.45) is 12.4. The average Bonchev–Trinajstić information content (AvgIpc) is 2.72. The third-order valence-corrected chi connectivity index (χ3v) is 3.95. The van der Waals surface area contributed by atoms with Crippen molar-refractivity contribution in [2.24, 2.45) is 17.8 Å². The first-order chi connectivity index (χ1) is 7.29. The highest BCUT2D eigenvalue weighted by Gasteiger charge is 2.35. The molecule has 0 aromatic heterocycles. The highest BCUT2D eigenvalue weighted by atomic mass is 16.4. The summed E-state index contributed by atoms with van der Waals surface area (Å²) in [5.41, 5.74) is 0. The van der Waals surface area contributed by atoms with Crippen LogP contribution in [0.3, 0.4) is 0 Å². The van der Waals surface area contributed by atoms with Crippen LogP contribution in [0.5, 0.6) is 0 Å². The number of hydrogen-bond acceptors (Lipinski definition) is 1. The van der Waals surface area contributed by atoms with Crippen molar-refractivity contribution in [1.82, 2.24) is 0 Å². The van der Waals surface area contributed by atoms with Crippen LogP contribution in [0.25, 0.3) is 0 Å². The fourth-order valence-corrected chi connectivity index (χ4v) is 3.19. The van der Waals surface area contributed by atoms with Crippen molar-refractivity contribution in [3.63, 3.8) is 0 Å². The second kappa shape index (κ2) is 4.82. The largest absolute Gasteiger partial charge is 0.481 e. The smallest absolute Gasteiger partial charge is 0.307 e. The minimum atomic E-state index is -0.571. The highest BCUT2D eigenvalue weighted by molar-refractivity contribution is 5.71. The Morgan fingerprint density at radius 3 is 2.47 bits per heavy atom. The van der Waals surface area contributed by atoms with Gasteiger partial charge in [0.15, 0.2) is 0 Å². The predicted octanol–water partition coefficient (Wildman–Crippen LogP) is 3.23. The normalized spacial score (nSPS) is 29.2. The molecular weight excluding hydrogens is 188 g/mol. The molecular formula is C13H20O2. The van der Waals surface area contributed by atoms with Gasteiger partial charge in [0.2, 0.25) is 0 Å². The number of rotatable bonds is 3. The maximum atomic E-state index is 11.4. The Morgan fingerprint density at radius 2 is 1.93 bits per heavy atom. The Balaban J connectivity index is 2.07. The highest BCUT2D eigenvalue weighted by Crippen LogP contribution is 2.38. The van der Waals surface area contributed by atoms with Gasteiger partial charge in [-0.05, 0) is 43.9 Å². The van der Waals surface area contributed by atoms with Gasteiger partial charge >= 0.3 is 5.97 Å². The molecule has 0 saturated heterocycles. The quantitative estimate of drug-likeness (QED) is 0.723. The van der Waals surface area contributed by atoms with Gasteiger partial charge in [0.1, 0.15) is 0 Å². The van der Waals surface area contributed by atoms with E-state index in [1.165, 1.54) is 12.8 Å². The number of aliphatic carboxylic acids is 1. The zero-order valence-corrected chi connectivity index (χ0v) is 9.19. The predicted molar refractivity (Wildman–Crippen MR) is 59.6 cm³/mol. The lowest BCUT2D eigenvalue weighted by Crippen LogP contribution is -2.29. The second-order valence-electron chi connectivity index (χ2n) is 4.93. The fraction of sp³-hybridized carbons (Fsp3) is 0.769. The Bertz CT molecular complexity index is 251. The number of carboxylic acids is 1. The van der Waals surface area contributed by atoms with Crippen molar-refractivity contribution in [2.45, 2.75) is 44.9 Å². The molecule has 1 saturated carbocycles. The summed E-state index contributed by atoms with van der Waals surface area (Å²) in [6, 6.07) is 0. The van der Waals surface area contributed by atoms with E-state index in [4.69, 9.17) is 0 Å². The molecule has 2 atom stereocenters. The van der Waals surface area contributed by atoms with Crippen molar-refractivity contribution in [3.05, 3.63) is 12.2 Å². The topological polar surface area (TPSA) is 37.3 Å². The number of hydrogen-bond donors (Lipinski definition) is 1. The van der Waals surface area contributed by atoms with Crippen molar-refractivity contribution in [2.75, 3.05) is 0 Å². The van der Waals surface area contributed by atoms with E-state index in [-0.39, 0.29) is 5.92 Å². The first-order valence-corrected chi connectivity index (χ1v) is 6.18. The lowest BCUT2D eigenvalue weighted by molar-refractivity contribution is -0.145. The first-order valence-electron chi connectivity index (χ1n) is 6.18. The molecule has 0 amide bonds. The molecule has 2 heteroatoms. The van der Waals surface area contributed by atoms with Crippen LogP contribution < -0.4 is 0 Å². The molecule has 1 fully saturated rings. The third-order valence-electron chi connectivity index (χ3n) is 3.95.